The zero-order chi connectivity index (χ0) is 46.4. The highest BCUT2D eigenvalue weighted by atomic mass is 15.5. The highest BCUT2D eigenvalue weighted by molar-refractivity contribution is 5.91. The van der Waals surface area contributed by atoms with Crippen molar-refractivity contribution < 1.29 is 0 Å². The lowest BCUT2D eigenvalue weighted by Crippen LogP contribution is -2.10. The Bertz CT molecular complexity index is 3660. The topological polar surface area (TPSA) is 67.9 Å². The van der Waals surface area contributed by atoms with Gasteiger partial charge in [-0.1, -0.05) is 133 Å². The number of hydrogen-bond donors (Lipinski definition) is 0. The summed E-state index contributed by atoms with van der Waals surface area (Å²) >= 11 is 0. The number of anilines is 6. The van der Waals surface area contributed by atoms with Gasteiger partial charge in [0.25, 0.3) is 0 Å². The van der Waals surface area contributed by atoms with E-state index in [1.165, 1.54) is 21.5 Å². The van der Waals surface area contributed by atoms with Gasteiger partial charge in [-0.3, -0.25) is 0 Å². The number of nitrogens with zero attached hydrogens (tertiary/aromatic N) is 8. The van der Waals surface area contributed by atoms with E-state index < -0.39 is 0 Å². The molecule has 0 atom stereocenters. The van der Waals surface area contributed by atoms with E-state index >= 15 is 0 Å². The third-order valence-electron chi connectivity index (χ3n) is 13.0. The molecule has 0 bridgehead atoms. The normalized spacial score (nSPS) is 11.4. The van der Waals surface area contributed by atoms with Gasteiger partial charge in [-0.05, 0) is 165 Å². The van der Waals surface area contributed by atoms with E-state index in [0.29, 0.717) is 0 Å². The molecule has 13 aromatic rings. The Hall–Kier alpha value is -9.66. The molecule has 0 fully saturated rings. The summed E-state index contributed by atoms with van der Waals surface area (Å²) in [6, 6.07) is 89.5. The summed E-state index contributed by atoms with van der Waals surface area (Å²) in [6.45, 7) is 0. The summed E-state index contributed by atoms with van der Waals surface area (Å²) in [7, 11) is 0. The molecule has 0 radical (unpaired) electrons. The Labute approximate surface area is 404 Å². The van der Waals surface area contributed by atoms with E-state index in [9.17, 15) is 0 Å². The molecule has 0 spiro atoms. The van der Waals surface area contributed by atoms with Crippen LogP contribution in [0.2, 0.25) is 0 Å². The third-order valence-corrected chi connectivity index (χ3v) is 13.0. The maximum Gasteiger partial charge on any atom is 0.113 e. The molecule has 0 saturated carbocycles. The molecule has 11 aromatic carbocycles. The minimum Gasteiger partial charge on any atom is -0.310 e. The molecule has 0 N–H and O–H groups in total. The van der Waals surface area contributed by atoms with Crippen LogP contribution in [0.1, 0.15) is 0 Å². The molecule has 8 nitrogen and oxygen atoms in total. The first-order valence-electron chi connectivity index (χ1n) is 23.4. The average Bonchev–Trinajstić information content (AvgIpc) is 4.08. The van der Waals surface area contributed by atoms with Crippen molar-refractivity contribution in [2.45, 2.75) is 0 Å². The molecule has 0 amide bonds. The van der Waals surface area contributed by atoms with Crippen LogP contribution < -0.4 is 9.80 Å². The Morgan fingerprint density at radius 2 is 0.486 bits per heavy atom. The van der Waals surface area contributed by atoms with Crippen LogP contribution in [-0.4, -0.2) is 30.0 Å². The summed E-state index contributed by atoms with van der Waals surface area (Å²) in [5.74, 6) is 0. The molecular weight excluding hydrogens is 857 g/mol. The van der Waals surface area contributed by atoms with Crippen LogP contribution in [0.15, 0.2) is 255 Å². The zero-order valence-electron chi connectivity index (χ0n) is 37.8. The molecule has 13 rings (SSSR count). The van der Waals surface area contributed by atoms with Crippen LogP contribution in [0.4, 0.5) is 34.1 Å². The predicted molar refractivity (Wildman–Crippen MR) is 287 cm³/mol. The van der Waals surface area contributed by atoms with E-state index in [2.05, 4.69) is 216 Å². The standard InChI is InChI=1S/C62H42N8/c1-3-11-49-41-57(31-25-43(49)9-1)67(53-33-37-55(38-34-53)69-63-59-13-5-6-14-60(59)64-69)51-27-21-47(22-28-51)45-17-19-46(20-18-45)48-23-29-52(30-24-48)68(58-32-26-44-10-2-4-12-50(44)42-58)54-35-39-56(40-36-54)70-65-61-15-7-8-16-62(61)66-70/h1-42H. The van der Waals surface area contributed by atoms with Crippen LogP contribution in [0.5, 0.6) is 0 Å². The molecular formula is C62H42N8. The van der Waals surface area contributed by atoms with E-state index in [4.69, 9.17) is 20.4 Å². The van der Waals surface area contributed by atoms with Crippen molar-refractivity contribution in [3.8, 4) is 33.6 Å². The quantitative estimate of drug-likeness (QED) is 0.136. The van der Waals surface area contributed by atoms with Gasteiger partial charge in [-0.15, -0.1) is 20.4 Å². The van der Waals surface area contributed by atoms with Gasteiger partial charge < -0.3 is 9.80 Å². The lowest BCUT2D eigenvalue weighted by Gasteiger charge is -2.26. The Morgan fingerprint density at radius 3 is 0.814 bits per heavy atom. The first kappa shape index (κ1) is 40.6. The van der Waals surface area contributed by atoms with Gasteiger partial charge in [0.1, 0.15) is 22.1 Å². The molecule has 330 valence electrons. The van der Waals surface area contributed by atoms with Gasteiger partial charge in [0.05, 0.1) is 11.4 Å². The van der Waals surface area contributed by atoms with Gasteiger partial charge in [-0.25, -0.2) is 0 Å². The molecule has 2 heterocycles. The number of hydrogen-bond acceptors (Lipinski definition) is 6. The van der Waals surface area contributed by atoms with Gasteiger partial charge in [0.2, 0.25) is 0 Å². The Balaban J connectivity index is 0.777. The summed E-state index contributed by atoms with van der Waals surface area (Å²) in [5, 5.41) is 23.6. The number of rotatable bonds is 10. The molecule has 0 saturated heterocycles. The first-order valence-corrected chi connectivity index (χ1v) is 23.4. The van der Waals surface area contributed by atoms with Crippen molar-refractivity contribution in [2.24, 2.45) is 0 Å². The van der Waals surface area contributed by atoms with Crippen molar-refractivity contribution in [1.82, 2.24) is 30.0 Å². The van der Waals surface area contributed by atoms with Crippen LogP contribution in [-0.2, 0) is 0 Å². The molecule has 0 aliphatic rings. The van der Waals surface area contributed by atoms with Gasteiger partial charge in [0.15, 0.2) is 0 Å². The highest BCUT2D eigenvalue weighted by Gasteiger charge is 2.17. The molecule has 0 aliphatic heterocycles. The maximum atomic E-state index is 4.71. The number of fused-ring (bicyclic) bond motifs is 4. The molecule has 0 aliphatic carbocycles. The minimum absolute atomic E-state index is 0.867. The van der Waals surface area contributed by atoms with Crippen molar-refractivity contribution in [1.29, 1.82) is 0 Å². The first-order chi connectivity index (χ1) is 34.6. The average molecular weight is 899 g/mol. The van der Waals surface area contributed by atoms with Crippen molar-refractivity contribution in [2.75, 3.05) is 9.80 Å². The van der Waals surface area contributed by atoms with Crippen LogP contribution >= 0.6 is 0 Å². The van der Waals surface area contributed by atoms with Gasteiger partial charge in [-0.2, -0.15) is 9.59 Å². The molecule has 70 heavy (non-hydrogen) atoms. The molecule has 2 aromatic heterocycles. The summed E-state index contributed by atoms with van der Waals surface area (Å²) in [6.07, 6.45) is 0. The van der Waals surface area contributed by atoms with Crippen molar-refractivity contribution >= 4 is 77.7 Å². The minimum atomic E-state index is 0.867. The van der Waals surface area contributed by atoms with E-state index in [1.807, 2.05) is 48.5 Å². The van der Waals surface area contributed by atoms with E-state index in [0.717, 1.165) is 89.8 Å². The zero-order valence-corrected chi connectivity index (χ0v) is 37.8. The highest BCUT2D eigenvalue weighted by Crippen LogP contribution is 2.40. The monoisotopic (exact) mass is 898 g/mol. The Kier molecular flexibility index (Phi) is 9.98. The number of aromatic nitrogens is 6. The van der Waals surface area contributed by atoms with Gasteiger partial charge >= 0.3 is 0 Å². The van der Waals surface area contributed by atoms with Crippen molar-refractivity contribution in [3.63, 3.8) is 0 Å². The largest absolute Gasteiger partial charge is 0.310 e. The van der Waals surface area contributed by atoms with Gasteiger partial charge in [0, 0.05) is 34.1 Å². The summed E-state index contributed by atoms with van der Waals surface area (Å²) in [4.78, 5) is 8.01. The van der Waals surface area contributed by atoms with Crippen molar-refractivity contribution in [3.05, 3.63) is 255 Å². The van der Waals surface area contributed by atoms with Crippen LogP contribution in [0.3, 0.4) is 0 Å². The fraction of sp³-hybridized carbons (Fsp3) is 0. The second-order valence-electron chi connectivity index (χ2n) is 17.4. The SMILES string of the molecule is c1ccc2cc(N(c3ccc(-c4ccc(-c5ccc(N(c6ccc(-n7nc8ccccc8n7)cc6)c6ccc7ccccc7c6)cc5)cc4)cc3)c3ccc(-n4nc5ccccc5n4)cc3)ccc2c1. The fourth-order valence-corrected chi connectivity index (χ4v) is 9.41. The lowest BCUT2D eigenvalue weighted by molar-refractivity contribution is 0.765. The lowest BCUT2D eigenvalue weighted by atomic mass is 9.99. The second kappa shape index (κ2) is 17.2. The summed E-state index contributed by atoms with van der Waals surface area (Å²) < 4.78 is 0. The predicted octanol–water partition coefficient (Wildman–Crippen LogP) is 15.7. The smallest absolute Gasteiger partial charge is 0.113 e. The Morgan fingerprint density at radius 1 is 0.229 bits per heavy atom. The summed E-state index contributed by atoms with van der Waals surface area (Å²) in [5.41, 5.74) is 16.2. The van der Waals surface area contributed by atoms with Crippen LogP contribution in [0.25, 0.3) is 77.2 Å². The fourth-order valence-electron chi connectivity index (χ4n) is 9.41. The van der Waals surface area contributed by atoms with E-state index in [-0.39, 0.29) is 0 Å². The van der Waals surface area contributed by atoms with Crippen LogP contribution in [0, 0.1) is 0 Å². The van der Waals surface area contributed by atoms with E-state index in [1.54, 1.807) is 9.59 Å². The second-order valence-corrected chi connectivity index (χ2v) is 17.4. The maximum absolute atomic E-state index is 4.71. The molecule has 0 unspecified atom stereocenters. The molecule has 8 heteroatoms. The number of benzene rings is 11. The third kappa shape index (κ3) is 7.65.